The number of carbonyl (C=O) groups excluding carboxylic acids is 2. The first-order chi connectivity index (χ1) is 21.5. The van der Waals surface area contributed by atoms with E-state index in [1.54, 1.807) is 29.2 Å². The van der Waals surface area contributed by atoms with E-state index >= 15 is 0 Å². The summed E-state index contributed by atoms with van der Waals surface area (Å²) >= 11 is 13.1. The van der Waals surface area contributed by atoms with Crippen molar-refractivity contribution >= 4 is 50.7 Å². The zero-order valence-electron chi connectivity index (χ0n) is 26.3. The average molecular weight is 673 g/mol. The number of amides is 2. The Morgan fingerprint density at radius 3 is 2.20 bits per heavy atom. The average Bonchev–Trinajstić information content (AvgIpc) is 3.00. The highest BCUT2D eigenvalue weighted by molar-refractivity contribution is 7.92. The van der Waals surface area contributed by atoms with E-state index in [0.717, 1.165) is 48.8 Å². The summed E-state index contributed by atoms with van der Waals surface area (Å²) in [6.45, 7) is 3.99. The Kier molecular flexibility index (Phi) is 12.3. The highest BCUT2D eigenvalue weighted by atomic mass is 35.5. The normalized spacial score (nSPS) is 14.5. The van der Waals surface area contributed by atoms with Crippen LogP contribution in [0.4, 0.5) is 5.69 Å². The molecule has 0 aromatic heterocycles. The number of nitrogens with zero attached hydrogens (tertiary/aromatic N) is 2. The number of benzene rings is 3. The van der Waals surface area contributed by atoms with Crippen LogP contribution in [0.5, 0.6) is 0 Å². The molecule has 1 aliphatic carbocycles. The molecular weight excluding hydrogens is 629 g/mol. The molecule has 0 unspecified atom stereocenters. The maximum Gasteiger partial charge on any atom is 0.243 e. The molecule has 1 N–H and O–H groups in total. The first-order valence-electron chi connectivity index (χ1n) is 15.6. The summed E-state index contributed by atoms with van der Waals surface area (Å²) in [7, 11) is -3.61. The third-order valence-electron chi connectivity index (χ3n) is 8.61. The van der Waals surface area contributed by atoms with Gasteiger partial charge in [-0.2, -0.15) is 0 Å². The lowest BCUT2D eigenvalue weighted by molar-refractivity contribution is -0.141. The summed E-state index contributed by atoms with van der Waals surface area (Å²) in [5.41, 5.74) is 3.92. The van der Waals surface area contributed by atoms with Crippen LogP contribution in [0, 0.1) is 13.8 Å². The molecular formula is C35H43Cl2N3O4S. The molecule has 0 saturated heterocycles. The topological polar surface area (TPSA) is 86.8 Å². The predicted molar refractivity (Wildman–Crippen MR) is 183 cm³/mol. The minimum absolute atomic E-state index is 0.0287. The Labute approximate surface area is 278 Å². The molecule has 1 aliphatic rings. The Balaban J connectivity index is 1.64. The molecule has 3 aromatic rings. The van der Waals surface area contributed by atoms with Crippen LogP contribution in [0.25, 0.3) is 0 Å². The van der Waals surface area contributed by atoms with Gasteiger partial charge in [0.25, 0.3) is 0 Å². The van der Waals surface area contributed by atoms with Crippen LogP contribution >= 0.6 is 23.2 Å². The van der Waals surface area contributed by atoms with Crippen LogP contribution in [0.15, 0.2) is 66.7 Å². The lowest BCUT2D eigenvalue weighted by atomic mass is 9.94. The smallest absolute Gasteiger partial charge is 0.243 e. The van der Waals surface area contributed by atoms with Crippen molar-refractivity contribution in [3.05, 3.63) is 99.0 Å². The number of aryl methyl sites for hydroxylation is 1. The highest BCUT2D eigenvalue weighted by Gasteiger charge is 2.33. The second-order valence-electron chi connectivity index (χ2n) is 11.9. The Hall–Kier alpha value is -3.07. The van der Waals surface area contributed by atoms with E-state index in [-0.39, 0.29) is 43.8 Å². The molecule has 7 nitrogen and oxygen atoms in total. The van der Waals surface area contributed by atoms with Crippen molar-refractivity contribution in [1.29, 1.82) is 0 Å². The molecule has 4 rings (SSSR count). The molecule has 1 fully saturated rings. The van der Waals surface area contributed by atoms with Crippen molar-refractivity contribution in [2.45, 2.75) is 83.8 Å². The quantitative estimate of drug-likeness (QED) is 0.207. The van der Waals surface area contributed by atoms with Gasteiger partial charge >= 0.3 is 0 Å². The zero-order valence-corrected chi connectivity index (χ0v) is 28.6. The maximum absolute atomic E-state index is 14.2. The molecule has 0 heterocycles. The van der Waals surface area contributed by atoms with Crippen LogP contribution in [0.3, 0.4) is 0 Å². The third-order valence-corrected chi connectivity index (χ3v) is 10.5. The molecule has 3 aromatic carbocycles. The van der Waals surface area contributed by atoms with Crippen molar-refractivity contribution in [2.24, 2.45) is 0 Å². The summed E-state index contributed by atoms with van der Waals surface area (Å²) in [5, 5.41) is 4.04. The van der Waals surface area contributed by atoms with E-state index in [9.17, 15) is 18.0 Å². The SMILES string of the molecule is Cc1cccc(N(CCCC(=O)N(Cc2c(Cl)cccc2Cl)[C@H](Cc2ccccc2)C(=O)NC2CCCCC2)S(C)(=O)=O)c1C. The fourth-order valence-corrected chi connectivity index (χ4v) is 7.47. The van der Waals surface area contributed by atoms with Gasteiger partial charge in [0, 0.05) is 47.6 Å². The van der Waals surface area contributed by atoms with Crippen LogP contribution in [-0.2, 0) is 32.6 Å². The van der Waals surface area contributed by atoms with Gasteiger partial charge in [0.15, 0.2) is 0 Å². The summed E-state index contributed by atoms with van der Waals surface area (Å²) in [6.07, 6.45) is 6.87. The fraction of sp³-hybridized carbons (Fsp3) is 0.429. The summed E-state index contributed by atoms with van der Waals surface area (Å²) in [4.78, 5) is 29.8. The molecule has 1 atom stereocenters. The van der Waals surface area contributed by atoms with Gasteiger partial charge in [-0.1, -0.05) is 91.0 Å². The number of sulfonamides is 1. The van der Waals surface area contributed by atoms with Crippen molar-refractivity contribution < 1.29 is 18.0 Å². The summed E-state index contributed by atoms with van der Waals surface area (Å²) in [5.74, 6) is -0.490. The Morgan fingerprint density at radius 1 is 0.911 bits per heavy atom. The number of anilines is 1. The fourth-order valence-electron chi connectivity index (χ4n) is 5.94. The first-order valence-corrected chi connectivity index (χ1v) is 18.2. The second kappa shape index (κ2) is 16.0. The standard InChI is InChI=1S/C35H43Cl2N3O4S/c1-25-13-10-20-32(26(25)2)40(45(3,43)44)22-12-21-34(41)39(24-29-30(36)18-11-19-31(29)37)33(23-27-14-6-4-7-15-27)35(42)38-28-16-8-5-9-17-28/h4,6-7,10-11,13-15,18-20,28,33H,5,8-9,12,16-17,21-24H2,1-3H3,(H,38,42)/t33-/m1/s1. The third kappa shape index (κ3) is 9.47. The zero-order chi connectivity index (χ0) is 32.6. The number of carbonyl (C=O) groups is 2. The van der Waals surface area contributed by atoms with Crippen molar-refractivity contribution in [3.8, 4) is 0 Å². The van der Waals surface area contributed by atoms with Gasteiger partial charge in [-0.15, -0.1) is 0 Å². The summed E-state index contributed by atoms with van der Waals surface area (Å²) < 4.78 is 27.1. The van der Waals surface area contributed by atoms with Gasteiger partial charge in [-0.05, 0) is 68.0 Å². The van der Waals surface area contributed by atoms with Crippen molar-refractivity contribution in [3.63, 3.8) is 0 Å². The van der Waals surface area contributed by atoms with Gasteiger partial charge in [-0.25, -0.2) is 8.42 Å². The van der Waals surface area contributed by atoms with Crippen LogP contribution in [0.2, 0.25) is 10.0 Å². The Bertz CT molecular complexity index is 1560. The number of hydrogen-bond donors (Lipinski definition) is 1. The number of nitrogens with one attached hydrogen (secondary N) is 1. The maximum atomic E-state index is 14.2. The van der Waals surface area contributed by atoms with Crippen LogP contribution in [0.1, 0.15) is 67.2 Å². The predicted octanol–water partition coefficient (Wildman–Crippen LogP) is 7.25. The van der Waals surface area contributed by atoms with E-state index in [1.165, 1.54) is 10.6 Å². The van der Waals surface area contributed by atoms with E-state index in [2.05, 4.69) is 5.32 Å². The minimum atomic E-state index is -3.61. The molecule has 45 heavy (non-hydrogen) atoms. The number of halogens is 2. The molecule has 1 saturated carbocycles. The van der Waals surface area contributed by atoms with Crippen LogP contribution < -0.4 is 9.62 Å². The van der Waals surface area contributed by atoms with E-state index < -0.39 is 16.1 Å². The van der Waals surface area contributed by atoms with Crippen LogP contribution in [-0.4, -0.2) is 50.0 Å². The van der Waals surface area contributed by atoms with Gasteiger partial charge < -0.3 is 10.2 Å². The molecule has 0 radical (unpaired) electrons. The largest absolute Gasteiger partial charge is 0.352 e. The van der Waals surface area contributed by atoms with E-state index in [1.807, 2.05) is 56.3 Å². The van der Waals surface area contributed by atoms with Gasteiger partial charge in [0.1, 0.15) is 6.04 Å². The lowest BCUT2D eigenvalue weighted by Crippen LogP contribution is -2.53. The molecule has 242 valence electrons. The molecule has 2 amide bonds. The molecule has 0 aliphatic heterocycles. The van der Waals surface area contributed by atoms with Gasteiger partial charge in [0.05, 0.1) is 11.9 Å². The monoisotopic (exact) mass is 671 g/mol. The van der Waals surface area contributed by atoms with Gasteiger partial charge in [0.2, 0.25) is 21.8 Å². The molecule has 10 heteroatoms. The Morgan fingerprint density at radius 2 is 1.56 bits per heavy atom. The number of rotatable bonds is 13. The molecule has 0 spiro atoms. The van der Waals surface area contributed by atoms with Crippen molar-refractivity contribution in [1.82, 2.24) is 10.2 Å². The molecule has 0 bridgehead atoms. The first kappa shape index (κ1) is 34.8. The summed E-state index contributed by atoms with van der Waals surface area (Å²) in [6, 6.07) is 19.6. The van der Waals surface area contributed by atoms with Crippen molar-refractivity contribution in [2.75, 3.05) is 17.1 Å². The minimum Gasteiger partial charge on any atom is -0.352 e. The van der Waals surface area contributed by atoms with E-state index in [4.69, 9.17) is 23.2 Å². The van der Waals surface area contributed by atoms with Gasteiger partial charge in [-0.3, -0.25) is 13.9 Å². The lowest BCUT2D eigenvalue weighted by Gasteiger charge is -2.34. The highest BCUT2D eigenvalue weighted by Crippen LogP contribution is 2.29. The second-order valence-corrected chi connectivity index (χ2v) is 14.6. The number of hydrogen-bond acceptors (Lipinski definition) is 4. The van der Waals surface area contributed by atoms with E-state index in [0.29, 0.717) is 27.7 Å².